The summed E-state index contributed by atoms with van der Waals surface area (Å²) in [6.07, 6.45) is 0.992. The van der Waals surface area contributed by atoms with Gasteiger partial charge in [-0.05, 0) is 30.5 Å². The van der Waals surface area contributed by atoms with Crippen LogP contribution in [-0.4, -0.2) is 25.8 Å². The van der Waals surface area contributed by atoms with E-state index in [0.29, 0.717) is 6.04 Å². The van der Waals surface area contributed by atoms with Crippen molar-refractivity contribution in [2.24, 2.45) is 0 Å². The lowest BCUT2D eigenvalue weighted by atomic mass is 10.0. The van der Waals surface area contributed by atoms with E-state index in [1.807, 2.05) is 12.1 Å². The molecule has 1 heterocycles. The molecule has 0 bridgehead atoms. The summed E-state index contributed by atoms with van der Waals surface area (Å²) in [6.45, 7) is 4.64. The Kier molecular flexibility index (Phi) is 3.62. The highest BCUT2D eigenvalue weighted by Crippen LogP contribution is 2.20. The first kappa shape index (κ1) is 10.9. The van der Waals surface area contributed by atoms with Gasteiger partial charge < -0.3 is 10.1 Å². The van der Waals surface area contributed by atoms with Crippen LogP contribution in [0.2, 0.25) is 5.02 Å². The number of halogens is 1. The van der Waals surface area contributed by atoms with E-state index in [1.165, 1.54) is 11.1 Å². The monoisotopic (exact) mass is 225 g/mol. The molecule has 1 fully saturated rings. The maximum absolute atomic E-state index is 6.08. The van der Waals surface area contributed by atoms with E-state index >= 15 is 0 Å². The van der Waals surface area contributed by atoms with Crippen LogP contribution >= 0.6 is 11.6 Å². The lowest BCUT2D eigenvalue weighted by Crippen LogP contribution is -2.42. The van der Waals surface area contributed by atoms with Crippen LogP contribution in [0.25, 0.3) is 0 Å². The fraction of sp³-hybridized carbons (Fsp3) is 0.500. The summed E-state index contributed by atoms with van der Waals surface area (Å²) in [4.78, 5) is 0. The van der Waals surface area contributed by atoms with Gasteiger partial charge in [-0.15, -0.1) is 0 Å². The molecule has 0 spiro atoms. The minimum Gasteiger partial charge on any atom is -0.379 e. The number of hydrogen-bond donors (Lipinski definition) is 1. The molecule has 1 aliphatic heterocycles. The van der Waals surface area contributed by atoms with Crippen molar-refractivity contribution in [2.45, 2.75) is 19.4 Å². The van der Waals surface area contributed by atoms with Crippen LogP contribution in [0.3, 0.4) is 0 Å². The van der Waals surface area contributed by atoms with Crippen molar-refractivity contribution in [1.29, 1.82) is 0 Å². The molecule has 1 aromatic rings. The zero-order valence-corrected chi connectivity index (χ0v) is 9.68. The maximum atomic E-state index is 6.08. The van der Waals surface area contributed by atoms with Crippen molar-refractivity contribution in [1.82, 2.24) is 5.32 Å². The normalized spacial score (nSPS) is 21.6. The lowest BCUT2D eigenvalue weighted by Gasteiger charge is -2.24. The number of nitrogens with one attached hydrogen (secondary N) is 1. The van der Waals surface area contributed by atoms with E-state index in [9.17, 15) is 0 Å². The highest BCUT2D eigenvalue weighted by atomic mass is 35.5. The lowest BCUT2D eigenvalue weighted by molar-refractivity contribution is 0.0770. The molecule has 82 valence electrons. The molecule has 0 radical (unpaired) electrons. The Morgan fingerprint density at radius 1 is 1.53 bits per heavy atom. The van der Waals surface area contributed by atoms with Crippen LogP contribution in [0.5, 0.6) is 0 Å². The largest absolute Gasteiger partial charge is 0.379 e. The summed E-state index contributed by atoms with van der Waals surface area (Å²) in [5.74, 6) is 0. The third-order valence-electron chi connectivity index (χ3n) is 2.84. The van der Waals surface area contributed by atoms with Gasteiger partial charge in [-0.2, -0.15) is 0 Å². The van der Waals surface area contributed by atoms with Gasteiger partial charge in [0, 0.05) is 17.6 Å². The third kappa shape index (κ3) is 2.71. The molecule has 3 heteroatoms. The predicted molar refractivity (Wildman–Crippen MR) is 62.5 cm³/mol. The second-order valence-electron chi connectivity index (χ2n) is 3.95. The first-order valence-corrected chi connectivity index (χ1v) is 5.70. The first-order valence-electron chi connectivity index (χ1n) is 5.32. The number of morpholine rings is 1. The highest BCUT2D eigenvalue weighted by Gasteiger charge is 2.14. The van der Waals surface area contributed by atoms with E-state index in [1.54, 1.807) is 0 Å². The molecule has 0 saturated carbocycles. The molecule has 0 aromatic heterocycles. The van der Waals surface area contributed by atoms with E-state index < -0.39 is 0 Å². The Morgan fingerprint density at radius 3 is 3.13 bits per heavy atom. The molecule has 0 aliphatic carbocycles. The van der Waals surface area contributed by atoms with Crippen molar-refractivity contribution in [2.75, 3.05) is 19.8 Å². The van der Waals surface area contributed by atoms with Gasteiger partial charge in [-0.3, -0.25) is 0 Å². The molecule has 2 nitrogen and oxygen atoms in total. The molecular weight excluding hydrogens is 210 g/mol. The zero-order valence-electron chi connectivity index (χ0n) is 8.92. The Hall–Kier alpha value is -0.570. The Labute approximate surface area is 95.6 Å². The first-order chi connectivity index (χ1) is 7.27. The molecule has 1 atom stereocenters. The summed E-state index contributed by atoms with van der Waals surface area (Å²) in [7, 11) is 0. The second kappa shape index (κ2) is 4.97. The molecular formula is C12H16ClNO. The fourth-order valence-corrected chi connectivity index (χ4v) is 2.08. The average molecular weight is 226 g/mol. The van der Waals surface area contributed by atoms with Gasteiger partial charge >= 0.3 is 0 Å². The predicted octanol–water partition coefficient (Wildman–Crippen LogP) is 2.18. The van der Waals surface area contributed by atoms with Crippen LogP contribution in [0, 0.1) is 6.92 Å². The number of benzene rings is 1. The summed E-state index contributed by atoms with van der Waals surface area (Å²) in [5, 5.41) is 4.30. The molecule has 0 amide bonds. The molecule has 1 unspecified atom stereocenters. The molecule has 2 rings (SSSR count). The standard InChI is InChI=1S/C12H16ClNO/c1-9-10(3-2-4-12(9)13)7-11-8-15-6-5-14-11/h2-4,11,14H,5-8H2,1H3. The van der Waals surface area contributed by atoms with Crippen LogP contribution in [0.1, 0.15) is 11.1 Å². The van der Waals surface area contributed by atoms with Gasteiger partial charge in [-0.25, -0.2) is 0 Å². The van der Waals surface area contributed by atoms with Crippen LogP contribution in [-0.2, 0) is 11.2 Å². The zero-order chi connectivity index (χ0) is 10.7. The third-order valence-corrected chi connectivity index (χ3v) is 3.25. The van der Waals surface area contributed by atoms with E-state index in [0.717, 1.165) is 31.2 Å². The van der Waals surface area contributed by atoms with Gasteiger partial charge in [0.15, 0.2) is 0 Å². The van der Waals surface area contributed by atoms with Gasteiger partial charge in [0.2, 0.25) is 0 Å². The fourth-order valence-electron chi connectivity index (χ4n) is 1.89. The van der Waals surface area contributed by atoms with Gasteiger partial charge in [0.1, 0.15) is 0 Å². The Bertz CT molecular complexity index is 334. The van der Waals surface area contributed by atoms with Crippen molar-refractivity contribution < 1.29 is 4.74 Å². The molecule has 15 heavy (non-hydrogen) atoms. The van der Waals surface area contributed by atoms with Crippen molar-refractivity contribution in [3.05, 3.63) is 34.3 Å². The number of ether oxygens (including phenoxy) is 1. The number of hydrogen-bond acceptors (Lipinski definition) is 2. The van der Waals surface area contributed by atoms with Crippen molar-refractivity contribution in [3.63, 3.8) is 0 Å². The van der Waals surface area contributed by atoms with Crippen LogP contribution in [0.4, 0.5) is 0 Å². The minimum atomic E-state index is 0.427. The second-order valence-corrected chi connectivity index (χ2v) is 4.36. The minimum absolute atomic E-state index is 0.427. The Morgan fingerprint density at radius 2 is 2.40 bits per heavy atom. The van der Waals surface area contributed by atoms with E-state index in [2.05, 4.69) is 18.3 Å². The smallest absolute Gasteiger partial charge is 0.0623 e. The molecule has 1 aromatic carbocycles. The molecule has 1 aliphatic rings. The summed E-state index contributed by atoms with van der Waals surface area (Å²) < 4.78 is 5.43. The molecule has 1 saturated heterocycles. The van der Waals surface area contributed by atoms with Crippen LogP contribution < -0.4 is 5.32 Å². The summed E-state index contributed by atoms with van der Waals surface area (Å²) in [6, 6.07) is 6.51. The van der Waals surface area contributed by atoms with Crippen LogP contribution in [0.15, 0.2) is 18.2 Å². The summed E-state index contributed by atoms with van der Waals surface area (Å²) in [5.41, 5.74) is 2.50. The number of rotatable bonds is 2. The van der Waals surface area contributed by atoms with E-state index in [-0.39, 0.29) is 0 Å². The van der Waals surface area contributed by atoms with Crippen molar-refractivity contribution >= 4 is 11.6 Å². The maximum Gasteiger partial charge on any atom is 0.0623 e. The van der Waals surface area contributed by atoms with Gasteiger partial charge in [0.05, 0.1) is 13.2 Å². The average Bonchev–Trinajstić information content (AvgIpc) is 2.26. The van der Waals surface area contributed by atoms with Gasteiger partial charge in [0.25, 0.3) is 0 Å². The summed E-state index contributed by atoms with van der Waals surface area (Å²) >= 11 is 6.08. The highest BCUT2D eigenvalue weighted by molar-refractivity contribution is 6.31. The van der Waals surface area contributed by atoms with Crippen molar-refractivity contribution in [3.8, 4) is 0 Å². The quantitative estimate of drug-likeness (QED) is 0.833. The SMILES string of the molecule is Cc1c(Cl)cccc1CC1COCCN1. The molecule has 1 N–H and O–H groups in total. The van der Waals surface area contributed by atoms with E-state index in [4.69, 9.17) is 16.3 Å². The topological polar surface area (TPSA) is 21.3 Å². The van der Waals surface area contributed by atoms with Gasteiger partial charge in [-0.1, -0.05) is 23.7 Å². The Balaban J connectivity index is 2.06.